The predicted octanol–water partition coefficient (Wildman–Crippen LogP) is 6.67. The van der Waals surface area contributed by atoms with E-state index in [-0.39, 0.29) is 17.1 Å². The lowest BCUT2D eigenvalue weighted by atomic mass is 9.98. The molecule has 174 valence electrons. The molecule has 0 N–H and O–H groups in total. The average molecular weight is 468 g/mol. The van der Waals surface area contributed by atoms with Crippen molar-refractivity contribution in [3.63, 3.8) is 0 Å². The summed E-state index contributed by atoms with van der Waals surface area (Å²) >= 11 is 6.29. The van der Waals surface area contributed by atoms with Crippen LogP contribution in [-0.4, -0.2) is 24.0 Å². The van der Waals surface area contributed by atoms with E-state index in [9.17, 15) is 9.59 Å². The summed E-state index contributed by atoms with van der Waals surface area (Å²) in [7, 11) is 0. The second-order valence-corrected chi connectivity index (χ2v) is 9.06. The van der Waals surface area contributed by atoms with Crippen LogP contribution in [0.3, 0.4) is 0 Å². The Morgan fingerprint density at radius 2 is 1.79 bits per heavy atom. The van der Waals surface area contributed by atoms with E-state index in [4.69, 9.17) is 20.8 Å². The number of unbranched alkanes of at least 4 members (excludes halogenated alkanes) is 3. The number of halogens is 1. The van der Waals surface area contributed by atoms with Crippen LogP contribution in [0.4, 0.5) is 0 Å². The minimum Gasteiger partial charge on any atom is -0.494 e. The molecule has 4 rings (SSSR count). The van der Waals surface area contributed by atoms with Crippen LogP contribution in [0.15, 0.2) is 45.6 Å². The summed E-state index contributed by atoms with van der Waals surface area (Å²) in [5.41, 5.74) is 2.22. The van der Waals surface area contributed by atoms with E-state index < -0.39 is 6.04 Å². The van der Waals surface area contributed by atoms with Crippen molar-refractivity contribution in [3.8, 4) is 5.75 Å². The molecule has 0 bridgehead atoms. The number of nitrogens with zero attached hydrogens (tertiary/aromatic N) is 1. The first-order valence-corrected chi connectivity index (χ1v) is 12.1. The molecular formula is C27H30ClNO4. The van der Waals surface area contributed by atoms with Gasteiger partial charge in [-0.1, -0.05) is 56.8 Å². The summed E-state index contributed by atoms with van der Waals surface area (Å²) in [6.07, 6.45) is 5.37. The molecule has 1 unspecified atom stereocenters. The van der Waals surface area contributed by atoms with Gasteiger partial charge in [0.25, 0.3) is 5.91 Å². The van der Waals surface area contributed by atoms with Gasteiger partial charge in [0.2, 0.25) is 5.76 Å². The van der Waals surface area contributed by atoms with Crippen LogP contribution in [0.5, 0.6) is 5.75 Å². The van der Waals surface area contributed by atoms with Gasteiger partial charge in [-0.05, 0) is 55.2 Å². The SMILES string of the molecule is CCCCCCOc1ccc(C2c3c(oc4cc(C)c(Cl)cc4c3=O)C(=O)N2CCC)cc1. The van der Waals surface area contributed by atoms with Crippen LogP contribution < -0.4 is 10.2 Å². The summed E-state index contributed by atoms with van der Waals surface area (Å²) in [6, 6.07) is 10.5. The molecule has 0 saturated carbocycles. The molecule has 0 radical (unpaired) electrons. The van der Waals surface area contributed by atoms with Gasteiger partial charge in [0.15, 0.2) is 5.43 Å². The highest BCUT2D eigenvalue weighted by molar-refractivity contribution is 6.32. The maximum Gasteiger partial charge on any atom is 0.290 e. The Morgan fingerprint density at radius 3 is 2.48 bits per heavy atom. The molecule has 2 aromatic carbocycles. The molecule has 2 heterocycles. The van der Waals surface area contributed by atoms with Gasteiger partial charge in [-0.2, -0.15) is 0 Å². The lowest BCUT2D eigenvalue weighted by molar-refractivity contribution is 0.0728. The van der Waals surface area contributed by atoms with E-state index in [1.807, 2.05) is 38.1 Å². The van der Waals surface area contributed by atoms with Crippen LogP contribution in [0, 0.1) is 6.92 Å². The van der Waals surface area contributed by atoms with Gasteiger partial charge in [0.1, 0.15) is 11.3 Å². The number of hydrogen-bond donors (Lipinski definition) is 0. The van der Waals surface area contributed by atoms with Gasteiger partial charge in [0, 0.05) is 11.6 Å². The molecule has 0 aliphatic carbocycles. The van der Waals surface area contributed by atoms with Crippen molar-refractivity contribution in [2.45, 2.75) is 58.9 Å². The molecule has 33 heavy (non-hydrogen) atoms. The predicted molar refractivity (Wildman–Crippen MR) is 131 cm³/mol. The number of ether oxygens (including phenoxy) is 1. The normalized spacial score (nSPS) is 15.3. The standard InChI is InChI=1S/C27H30ClNO4/c1-4-6-7-8-14-32-19-11-9-18(10-12-19)24-23-25(30)20-16-21(28)17(3)15-22(20)33-26(23)27(31)29(24)13-5-2/h9-12,15-16,24H,4-8,13-14H2,1-3H3. The molecule has 1 aliphatic heterocycles. The third-order valence-corrected chi connectivity index (χ3v) is 6.58. The van der Waals surface area contributed by atoms with Crippen molar-refractivity contribution in [1.29, 1.82) is 0 Å². The molecule has 0 saturated heterocycles. The van der Waals surface area contributed by atoms with Gasteiger partial charge in [-0.25, -0.2) is 0 Å². The van der Waals surface area contributed by atoms with E-state index in [1.54, 1.807) is 17.0 Å². The highest BCUT2D eigenvalue weighted by atomic mass is 35.5. The van der Waals surface area contributed by atoms with E-state index in [1.165, 1.54) is 12.8 Å². The first kappa shape index (κ1) is 23.4. The zero-order valence-electron chi connectivity index (χ0n) is 19.4. The molecule has 5 nitrogen and oxygen atoms in total. The highest BCUT2D eigenvalue weighted by Gasteiger charge is 2.42. The fourth-order valence-electron chi connectivity index (χ4n) is 4.42. The Hall–Kier alpha value is -2.79. The van der Waals surface area contributed by atoms with Crippen molar-refractivity contribution in [3.05, 3.63) is 74.1 Å². The third-order valence-electron chi connectivity index (χ3n) is 6.17. The number of rotatable bonds is 9. The second-order valence-electron chi connectivity index (χ2n) is 8.65. The lowest BCUT2D eigenvalue weighted by Crippen LogP contribution is -2.30. The molecule has 6 heteroatoms. The highest BCUT2D eigenvalue weighted by Crippen LogP contribution is 2.39. The zero-order chi connectivity index (χ0) is 23.5. The van der Waals surface area contributed by atoms with E-state index in [0.717, 1.165) is 36.1 Å². The maximum atomic E-state index is 13.5. The number of carbonyl (C=O) groups excluding carboxylic acids is 1. The summed E-state index contributed by atoms with van der Waals surface area (Å²) in [5.74, 6) is 0.665. The first-order valence-electron chi connectivity index (χ1n) is 11.8. The summed E-state index contributed by atoms with van der Waals surface area (Å²) in [6.45, 7) is 7.25. The Labute approximate surface area is 199 Å². The summed E-state index contributed by atoms with van der Waals surface area (Å²) in [5, 5.41) is 0.897. The molecule has 1 aliphatic rings. The van der Waals surface area contributed by atoms with Crippen molar-refractivity contribution in [2.24, 2.45) is 0 Å². The Bertz CT molecular complexity index is 1220. The zero-order valence-corrected chi connectivity index (χ0v) is 20.2. The average Bonchev–Trinajstić information content (AvgIpc) is 3.08. The molecule has 1 atom stereocenters. The fraction of sp³-hybridized carbons (Fsp3) is 0.407. The molecule has 3 aromatic rings. The van der Waals surface area contributed by atoms with E-state index in [2.05, 4.69) is 6.92 Å². The minimum absolute atomic E-state index is 0.129. The van der Waals surface area contributed by atoms with Gasteiger partial charge in [-0.3, -0.25) is 9.59 Å². The Kier molecular flexibility index (Phi) is 7.08. The largest absolute Gasteiger partial charge is 0.494 e. The van der Waals surface area contributed by atoms with Crippen molar-refractivity contribution in [1.82, 2.24) is 4.90 Å². The molecule has 0 fully saturated rings. The summed E-state index contributed by atoms with van der Waals surface area (Å²) < 4.78 is 11.9. The van der Waals surface area contributed by atoms with Crippen LogP contribution in [-0.2, 0) is 0 Å². The van der Waals surface area contributed by atoms with Gasteiger partial charge >= 0.3 is 0 Å². The number of amides is 1. The van der Waals surface area contributed by atoms with Crippen molar-refractivity contribution in [2.75, 3.05) is 13.2 Å². The Balaban J connectivity index is 1.71. The molecule has 0 spiro atoms. The Morgan fingerprint density at radius 1 is 1.03 bits per heavy atom. The topological polar surface area (TPSA) is 59.8 Å². The van der Waals surface area contributed by atoms with E-state index in [0.29, 0.717) is 34.7 Å². The minimum atomic E-state index is -0.494. The van der Waals surface area contributed by atoms with E-state index >= 15 is 0 Å². The quantitative estimate of drug-likeness (QED) is 0.330. The molecular weight excluding hydrogens is 438 g/mol. The second kappa shape index (κ2) is 10.0. The van der Waals surface area contributed by atoms with Gasteiger partial charge in [-0.15, -0.1) is 0 Å². The van der Waals surface area contributed by atoms with Crippen LogP contribution >= 0.6 is 11.6 Å². The number of benzene rings is 2. The van der Waals surface area contributed by atoms with Crippen LogP contribution in [0.2, 0.25) is 5.02 Å². The first-order chi connectivity index (χ1) is 16.0. The fourth-order valence-corrected chi connectivity index (χ4v) is 4.59. The van der Waals surface area contributed by atoms with Gasteiger partial charge < -0.3 is 14.1 Å². The van der Waals surface area contributed by atoms with Crippen LogP contribution in [0.25, 0.3) is 11.0 Å². The number of carbonyl (C=O) groups is 1. The maximum absolute atomic E-state index is 13.5. The monoisotopic (exact) mass is 467 g/mol. The number of hydrogen-bond acceptors (Lipinski definition) is 4. The smallest absolute Gasteiger partial charge is 0.290 e. The molecule has 1 aromatic heterocycles. The molecule has 1 amide bonds. The number of aryl methyl sites for hydroxylation is 1. The van der Waals surface area contributed by atoms with Gasteiger partial charge in [0.05, 0.1) is 23.6 Å². The van der Waals surface area contributed by atoms with Crippen molar-refractivity contribution >= 4 is 28.5 Å². The lowest BCUT2D eigenvalue weighted by Gasteiger charge is -2.24. The van der Waals surface area contributed by atoms with Crippen molar-refractivity contribution < 1.29 is 13.9 Å². The summed E-state index contributed by atoms with van der Waals surface area (Å²) in [4.78, 5) is 28.5. The van der Waals surface area contributed by atoms with Crippen LogP contribution in [0.1, 0.15) is 79.2 Å². The number of fused-ring (bicyclic) bond motifs is 2. The third kappa shape index (κ3) is 4.51.